The van der Waals surface area contributed by atoms with Gasteiger partial charge in [-0.1, -0.05) is 56.3 Å². The van der Waals surface area contributed by atoms with E-state index in [0.29, 0.717) is 13.2 Å². The van der Waals surface area contributed by atoms with Gasteiger partial charge in [0.25, 0.3) is 0 Å². The molecule has 0 fully saturated rings. The van der Waals surface area contributed by atoms with Gasteiger partial charge in [0, 0.05) is 13.1 Å². The minimum absolute atomic E-state index is 0.162. The number of benzene rings is 2. The van der Waals surface area contributed by atoms with Crippen LogP contribution in [0.15, 0.2) is 54.6 Å². The fraction of sp³-hybridized carbons (Fsp3) is 0.409. The molecule has 0 radical (unpaired) electrons. The second-order valence-corrected chi connectivity index (χ2v) is 6.27. The number of carbonyl (C=O) groups is 1. The molecule has 2 aromatic rings. The number of ether oxygens (including phenoxy) is 1. The number of hydrogen-bond donors (Lipinski definition) is 2. The largest absolute Gasteiger partial charge is 0.494 e. The van der Waals surface area contributed by atoms with Crippen LogP contribution < -0.4 is 15.4 Å². The number of amides is 2. The Labute approximate surface area is 162 Å². The Morgan fingerprint density at radius 2 is 1.59 bits per heavy atom. The van der Waals surface area contributed by atoms with Crippen LogP contribution in [0.5, 0.6) is 5.75 Å². The summed E-state index contributed by atoms with van der Waals surface area (Å²) in [5.74, 6) is 0.830. The van der Waals surface area contributed by atoms with Crippen molar-refractivity contribution in [1.29, 1.82) is 0 Å². The van der Waals surface area contributed by atoms with Gasteiger partial charge >= 0.3 is 6.03 Å². The van der Waals surface area contributed by atoms with Gasteiger partial charge in [0.15, 0.2) is 0 Å². The standard InChI is InChI=1S/C22H31N3O2/c1-4-25(5-2)17-16-23-22(26)24-21(18-10-8-7-9-11-18)19-12-14-20(15-13-19)27-6-3/h7-15,21H,4-6,16-17H2,1-3H3,(H2,23,24,26)/t21-/m1/s1. The number of rotatable bonds is 10. The Balaban J connectivity index is 2.06. The number of nitrogens with one attached hydrogen (secondary N) is 2. The van der Waals surface area contributed by atoms with Gasteiger partial charge in [-0.25, -0.2) is 4.79 Å². The molecular formula is C22H31N3O2. The van der Waals surface area contributed by atoms with Gasteiger partial charge in [0.2, 0.25) is 0 Å². The third kappa shape index (κ3) is 6.61. The highest BCUT2D eigenvalue weighted by molar-refractivity contribution is 5.75. The third-order valence-electron chi connectivity index (χ3n) is 4.54. The lowest BCUT2D eigenvalue weighted by atomic mass is 9.99. The van der Waals surface area contributed by atoms with Crippen molar-refractivity contribution in [3.8, 4) is 5.75 Å². The van der Waals surface area contributed by atoms with Crippen LogP contribution in [-0.2, 0) is 0 Å². The zero-order chi connectivity index (χ0) is 19.5. The molecule has 1 atom stereocenters. The van der Waals surface area contributed by atoms with Crippen LogP contribution in [0.25, 0.3) is 0 Å². The van der Waals surface area contributed by atoms with Gasteiger partial charge < -0.3 is 20.3 Å². The van der Waals surface area contributed by atoms with Crippen molar-refractivity contribution in [3.63, 3.8) is 0 Å². The predicted molar refractivity (Wildman–Crippen MR) is 110 cm³/mol. The van der Waals surface area contributed by atoms with Crippen LogP contribution in [0.2, 0.25) is 0 Å². The lowest BCUT2D eigenvalue weighted by Crippen LogP contribution is -2.42. The Bertz CT molecular complexity index is 670. The summed E-state index contributed by atoms with van der Waals surface area (Å²) in [5, 5.41) is 6.07. The van der Waals surface area contributed by atoms with Crippen molar-refractivity contribution < 1.29 is 9.53 Å². The quantitative estimate of drug-likeness (QED) is 0.669. The summed E-state index contributed by atoms with van der Waals surface area (Å²) in [5.41, 5.74) is 2.06. The molecule has 2 N–H and O–H groups in total. The summed E-state index contributed by atoms with van der Waals surface area (Å²) in [6.45, 7) is 10.3. The SMILES string of the molecule is CCOc1ccc([C@H](NC(=O)NCCN(CC)CC)c2ccccc2)cc1. The van der Waals surface area contributed by atoms with E-state index < -0.39 is 0 Å². The molecule has 0 aliphatic rings. The average Bonchev–Trinajstić information content (AvgIpc) is 2.71. The van der Waals surface area contributed by atoms with E-state index in [4.69, 9.17) is 4.74 Å². The highest BCUT2D eigenvalue weighted by Gasteiger charge is 2.16. The molecule has 27 heavy (non-hydrogen) atoms. The van der Waals surface area contributed by atoms with E-state index in [1.54, 1.807) is 0 Å². The summed E-state index contributed by atoms with van der Waals surface area (Å²) in [7, 11) is 0. The number of urea groups is 1. The first-order valence-electron chi connectivity index (χ1n) is 9.72. The molecule has 0 heterocycles. The maximum atomic E-state index is 12.5. The smallest absolute Gasteiger partial charge is 0.315 e. The molecule has 5 heteroatoms. The first-order valence-corrected chi connectivity index (χ1v) is 9.72. The monoisotopic (exact) mass is 369 g/mol. The Hall–Kier alpha value is -2.53. The highest BCUT2D eigenvalue weighted by Crippen LogP contribution is 2.24. The molecule has 0 aliphatic carbocycles. The molecule has 5 nitrogen and oxygen atoms in total. The number of carbonyl (C=O) groups excluding carboxylic acids is 1. The molecule has 0 unspecified atom stereocenters. The molecule has 0 saturated heterocycles. The second-order valence-electron chi connectivity index (χ2n) is 6.27. The van der Waals surface area contributed by atoms with Crippen LogP contribution >= 0.6 is 0 Å². The molecule has 0 saturated carbocycles. The van der Waals surface area contributed by atoms with Gasteiger partial charge in [-0.05, 0) is 43.3 Å². The normalized spacial score (nSPS) is 11.9. The van der Waals surface area contributed by atoms with E-state index in [2.05, 4.69) is 29.4 Å². The number of likely N-dealkylation sites (N-methyl/N-ethyl adjacent to an activating group) is 1. The molecule has 0 aliphatic heterocycles. The topological polar surface area (TPSA) is 53.6 Å². The van der Waals surface area contributed by atoms with Crippen LogP contribution in [0.1, 0.15) is 37.9 Å². The van der Waals surface area contributed by atoms with Crippen LogP contribution in [-0.4, -0.2) is 43.7 Å². The van der Waals surface area contributed by atoms with Crippen molar-refractivity contribution in [2.24, 2.45) is 0 Å². The first-order chi connectivity index (χ1) is 13.2. The summed E-state index contributed by atoms with van der Waals surface area (Å²) in [6.07, 6.45) is 0. The van der Waals surface area contributed by atoms with Crippen molar-refractivity contribution in [2.45, 2.75) is 26.8 Å². The first kappa shape index (κ1) is 20.8. The molecule has 2 aromatic carbocycles. The summed E-state index contributed by atoms with van der Waals surface area (Å²) < 4.78 is 5.52. The minimum atomic E-state index is -0.213. The average molecular weight is 370 g/mol. The van der Waals surface area contributed by atoms with Gasteiger partial charge in [-0.3, -0.25) is 0 Å². The highest BCUT2D eigenvalue weighted by atomic mass is 16.5. The molecular weight excluding hydrogens is 338 g/mol. The van der Waals surface area contributed by atoms with Crippen molar-refractivity contribution >= 4 is 6.03 Å². The van der Waals surface area contributed by atoms with Crippen molar-refractivity contribution in [1.82, 2.24) is 15.5 Å². The number of nitrogens with zero attached hydrogens (tertiary/aromatic N) is 1. The van der Waals surface area contributed by atoms with Gasteiger partial charge in [-0.2, -0.15) is 0 Å². The van der Waals surface area contributed by atoms with Crippen LogP contribution in [0.3, 0.4) is 0 Å². The van der Waals surface area contributed by atoms with Crippen molar-refractivity contribution in [3.05, 3.63) is 65.7 Å². The molecule has 0 spiro atoms. The fourth-order valence-electron chi connectivity index (χ4n) is 2.98. The maximum absolute atomic E-state index is 12.5. The second kappa shape index (κ2) is 11.2. The van der Waals surface area contributed by atoms with E-state index in [1.165, 1.54) is 0 Å². The summed E-state index contributed by atoms with van der Waals surface area (Å²) in [6, 6.07) is 17.5. The van der Waals surface area contributed by atoms with Gasteiger partial charge in [-0.15, -0.1) is 0 Å². The third-order valence-corrected chi connectivity index (χ3v) is 4.54. The molecule has 146 valence electrons. The van der Waals surface area contributed by atoms with Gasteiger partial charge in [0.05, 0.1) is 12.6 Å². The van der Waals surface area contributed by atoms with E-state index in [1.807, 2.05) is 61.5 Å². The predicted octanol–water partition coefficient (Wildman–Crippen LogP) is 3.82. The number of hydrogen-bond acceptors (Lipinski definition) is 3. The van der Waals surface area contributed by atoms with E-state index in [-0.39, 0.29) is 12.1 Å². The van der Waals surface area contributed by atoms with E-state index in [9.17, 15) is 4.79 Å². The zero-order valence-corrected chi connectivity index (χ0v) is 16.6. The minimum Gasteiger partial charge on any atom is -0.494 e. The Kier molecular flexibility index (Phi) is 8.65. The summed E-state index contributed by atoms with van der Waals surface area (Å²) >= 11 is 0. The maximum Gasteiger partial charge on any atom is 0.315 e. The zero-order valence-electron chi connectivity index (χ0n) is 16.6. The molecule has 2 rings (SSSR count). The van der Waals surface area contributed by atoms with E-state index >= 15 is 0 Å². The van der Waals surface area contributed by atoms with E-state index in [0.717, 1.165) is 36.5 Å². The molecule has 0 bridgehead atoms. The van der Waals surface area contributed by atoms with Gasteiger partial charge in [0.1, 0.15) is 5.75 Å². The lowest BCUT2D eigenvalue weighted by molar-refractivity contribution is 0.235. The molecule has 0 aromatic heterocycles. The Morgan fingerprint density at radius 1 is 0.963 bits per heavy atom. The Morgan fingerprint density at radius 3 is 2.19 bits per heavy atom. The van der Waals surface area contributed by atoms with Crippen LogP contribution in [0, 0.1) is 0 Å². The fourth-order valence-corrected chi connectivity index (χ4v) is 2.98. The summed E-state index contributed by atoms with van der Waals surface area (Å²) in [4.78, 5) is 14.7. The molecule has 2 amide bonds. The van der Waals surface area contributed by atoms with Crippen molar-refractivity contribution in [2.75, 3.05) is 32.8 Å². The van der Waals surface area contributed by atoms with Crippen LogP contribution in [0.4, 0.5) is 4.79 Å². The lowest BCUT2D eigenvalue weighted by Gasteiger charge is -2.22.